The van der Waals surface area contributed by atoms with E-state index < -0.39 is 11.7 Å². The van der Waals surface area contributed by atoms with Crippen LogP contribution in [0, 0.1) is 5.39 Å². The Morgan fingerprint density at radius 2 is 2.44 bits per heavy atom. The highest BCUT2D eigenvalue weighted by molar-refractivity contribution is 5.92. The van der Waals surface area contributed by atoms with Crippen LogP contribution in [0.2, 0.25) is 0 Å². The van der Waals surface area contributed by atoms with Gasteiger partial charge >= 0.3 is 11.7 Å². The van der Waals surface area contributed by atoms with E-state index in [4.69, 9.17) is 10.5 Å². The Hall–Kier alpha value is -1.57. The second-order valence-electron chi connectivity index (χ2n) is 1.47. The third-order valence-electron chi connectivity index (χ3n) is 0.907. The number of hydrogen-bond donors (Lipinski definition) is 1. The first-order valence-electron chi connectivity index (χ1n) is 2.20. The average molecular weight is 127 g/mol. The fraction of sp³-hybridized carbons (Fsp3) is 0.250. The summed E-state index contributed by atoms with van der Waals surface area (Å²) in [6.45, 7) is -0.196. The number of hydrogen-bond acceptors (Lipinski definition) is 4. The summed E-state index contributed by atoms with van der Waals surface area (Å²) in [5.41, 5.74) is -0.407. The second-order valence-corrected chi connectivity index (χ2v) is 1.47. The maximum atomic E-state index is 10.3. The van der Waals surface area contributed by atoms with Crippen LogP contribution in [0.4, 0.5) is 0 Å². The van der Waals surface area contributed by atoms with E-state index in [1.54, 1.807) is 0 Å². The van der Waals surface area contributed by atoms with Gasteiger partial charge in [0.2, 0.25) is 11.2 Å². The Kier molecular flexibility index (Phi) is 1.08. The molecule has 0 aliphatic carbocycles. The van der Waals surface area contributed by atoms with E-state index in [-0.39, 0.29) is 12.4 Å². The number of esters is 1. The molecule has 1 rings (SSSR count). The molecule has 0 amide bonds. The van der Waals surface area contributed by atoms with Crippen LogP contribution < -0.4 is 0 Å². The summed E-state index contributed by atoms with van der Waals surface area (Å²) in [6.07, 6.45) is 0. The van der Waals surface area contributed by atoms with Crippen LogP contribution in [0.3, 0.4) is 0 Å². The van der Waals surface area contributed by atoms with Crippen LogP contribution in [-0.2, 0) is 9.53 Å². The number of ether oxygens (including phenoxy) is 1. The molecular weight excluding hydrogens is 124 g/mol. The van der Waals surface area contributed by atoms with Crippen molar-refractivity contribution in [1.82, 2.24) is 0 Å². The molecule has 0 aromatic heterocycles. The van der Waals surface area contributed by atoms with Crippen LogP contribution in [0.25, 0.3) is 4.98 Å². The van der Waals surface area contributed by atoms with Crippen LogP contribution in [0.5, 0.6) is 0 Å². The van der Waals surface area contributed by atoms with Gasteiger partial charge in [-0.3, -0.25) is 0 Å². The molecule has 0 radical (unpaired) electrons. The van der Waals surface area contributed by atoms with E-state index in [1.807, 2.05) is 0 Å². The molecule has 9 heavy (non-hydrogen) atoms. The largest absolute Gasteiger partial charge is 0.508 e. The zero-order valence-corrected chi connectivity index (χ0v) is 4.37. The Bertz CT molecular complexity index is 224. The standard InChI is InChI=1S/C4H2N2O3/c5-6-3-2(7)1-9-4(3)8/h1H2/p+1. The summed E-state index contributed by atoms with van der Waals surface area (Å²) in [6, 6.07) is 0. The molecule has 0 atom stereocenters. The van der Waals surface area contributed by atoms with Gasteiger partial charge in [0.15, 0.2) is 11.6 Å². The molecule has 0 saturated heterocycles. The molecule has 1 aliphatic rings. The van der Waals surface area contributed by atoms with Crippen molar-refractivity contribution in [2.24, 2.45) is 0 Å². The van der Waals surface area contributed by atoms with Gasteiger partial charge in [0.1, 0.15) is 0 Å². The number of carbonyl (C=O) groups excluding carboxylic acids is 1. The third-order valence-corrected chi connectivity index (χ3v) is 0.907. The van der Waals surface area contributed by atoms with Crippen molar-refractivity contribution < 1.29 is 14.6 Å². The second kappa shape index (κ2) is 1.74. The van der Waals surface area contributed by atoms with E-state index in [2.05, 4.69) is 9.71 Å². The zero-order valence-electron chi connectivity index (χ0n) is 4.37. The lowest BCUT2D eigenvalue weighted by Crippen LogP contribution is -1.94. The van der Waals surface area contributed by atoms with Gasteiger partial charge in [0.05, 0.1) is 0 Å². The highest BCUT2D eigenvalue weighted by atomic mass is 16.5. The Balaban J connectivity index is 2.99. The SMILES string of the molecule is N#[N+]C1=C(O)COC1=O. The first-order valence-corrected chi connectivity index (χ1v) is 2.20. The number of rotatable bonds is 0. The molecule has 0 fully saturated rings. The van der Waals surface area contributed by atoms with E-state index in [0.717, 1.165) is 0 Å². The normalized spacial score (nSPS) is 17.4. The fourth-order valence-corrected chi connectivity index (χ4v) is 0.487. The summed E-state index contributed by atoms with van der Waals surface area (Å²) in [7, 11) is 0. The minimum atomic E-state index is -0.796. The predicted octanol–water partition coefficient (Wildman–Crippen LogP) is 0.166. The molecule has 46 valence electrons. The first-order chi connectivity index (χ1) is 4.25. The van der Waals surface area contributed by atoms with Crippen LogP contribution in [0.15, 0.2) is 11.5 Å². The smallest absolute Gasteiger partial charge is 0.502 e. The lowest BCUT2D eigenvalue weighted by atomic mass is 10.4. The molecule has 5 nitrogen and oxygen atoms in total. The van der Waals surface area contributed by atoms with Crippen molar-refractivity contribution in [3.63, 3.8) is 0 Å². The van der Waals surface area contributed by atoms with Gasteiger partial charge in [-0.05, 0) is 0 Å². The minimum absolute atomic E-state index is 0.196. The number of aliphatic hydroxyl groups excluding tert-OH is 1. The Labute approximate surface area is 50.2 Å². The number of aliphatic hydroxyl groups is 1. The molecule has 0 aromatic rings. The number of cyclic esters (lactones) is 1. The molecule has 1 heterocycles. The average Bonchev–Trinajstić information content (AvgIpc) is 2.12. The number of diazo groups is 1. The van der Waals surface area contributed by atoms with Crippen LogP contribution in [0.1, 0.15) is 0 Å². The van der Waals surface area contributed by atoms with E-state index in [1.165, 1.54) is 0 Å². The maximum absolute atomic E-state index is 10.3. The summed E-state index contributed by atoms with van der Waals surface area (Å²) < 4.78 is 4.25. The summed E-state index contributed by atoms with van der Waals surface area (Å²) in [4.78, 5) is 12.8. The summed E-state index contributed by atoms with van der Waals surface area (Å²) in [5, 5.41) is 16.7. The van der Waals surface area contributed by atoms with Gasteiger partial charge in [-0.25, -0.2) is 4.79 Å². The van der Waals surface area contributed by atoms with Crippen molar-refractivity contribution in [3.8, 4) is 0 Å². The van der Waals surface area contributed by atoms with Crippen molar-refractivity contribution in [2.75, 3.05) is 6.61 Å². The van der Waals surface area contributed by atoms with E-state index in [9.17, 15) is 4.79 Å². The number of carbonyl (C=O) groups is 1. The van der Waals surface area contributed by atoms with Crippen LogP contribution >= 0.6 is 0 Å². The van der Waals surface area contributed by atoms with E-state index >= 15 is 0 Å². The van der Waals surface area contributed by atoms with Gasteiger partial charge < -0.3 is 9.84 Å². The van der Waals surface area contributed by atoms with Gasteiger partial charge in [-0.15, -0.1) is 0 Å². The fourth-order valence-electron chi connectivity index (χ4n) is 0.487. The molecule has 1 aliphatic heterocycles. The lowest BCUT2D eigenvalue weighted by molar-refractivity contribution is -0.135. The van der Waals surface area contributed by atoms with Gasteiger partial charge in [-0.1, -0.05) is 0 Å². The molecular formula is C4H3N2O3+. The van der Waals surface area contributed by atoms with Gasteiger partial charge in [0.25, 0.3) is 0 Å². The van der Waals surface area contributed by atoms with Crippen LogP contribution in [-0.4, -0.2) is 17.7 Å². The molecule has 0 bridgehead atoms. The molecule has 0 spiro atoms. The number of nitrogens with zero attached hydrogens (tertiary/aromatic N) is 2. The van der Waals surface area contributed by atoms with E-state index in [0.29, 0.717) is 0 Å². The zero-order chi connectivity index (χ0) is 6.85. The molecule has 0 unspecified atom stereocenters. The quantitative estimate of drug-likeness (QED) is 0.371. The monoisotopic (exact) mass is 127 g/mol. The van der Waals surface area contributed by atoms with Crippen molar-refractivity contribution in [1.29, 1.82) is 5.39 Å². The maximum Gasteiger partial charge on any atom is 0.508 e. The van der Waals surface area contributed by atoms with Crippen molar-refractivity contribution in [2.45, 2.75) is 0 Å². The highest BCUT2D eigenvalue weighted by Crippen LogP contribution is 2.13. The molecule has 0 saturated carbocycles. The first kappa shape index (κ1) is 5.56. The van der Waals surface area contributed by atoms with Gasteiger partial charge in [-0.2, -0.15) is 0 Å². The Morgan fingerprint density at radius 3 is 2.67 bits per heavy atom. The minimum Gasteiger partial charge on any atom is -0.502 e. The molecule has 0 aromatic carbocycles. The highest BCUT2D eigenvalue weighted by Gasteiger charge is 2.37. The molecule has 5 heteroatoms. The summed E-state index contributed by atoms with van der Waals surface area (Å²) >= 11 is 0. The van der Waals surface area contributed by atoms with Gasteiger partial charge in [0, 0.05) is 0 Å². The van der Waals surface area contributed by atoms with Crippen molar-refractivity contribution in [3.05, 3.63) is 16.4 Å². The third kappa shape index (κ3) is 0.700. The Morgan fingerprint density at radius 1 is 1.78 bits per heavy atom. The lowest BCUT2D eigenvalue weighted by Gasteiger charge is -1.81. The topological polar surface area (TPSA) is 74.7 Å². The molecule has 1 N–H and O–H groups in total. The summed E-state index contributed by atoms with van der Waals surface area (Å²) in [5.74, 6) is -1.13. The predicted molar refractivity (Wildman–Crippen MR) is 25.7 cm³/mol. The van der Waals surface area contributed by atoms with Crippen molar-refractivity contribution >= 4 is 5.97 Å².